The van der Waals surface area contributed by atoms with Crippen molar-refractivity contribution in [2.75, 3.05) is 4.72 Å². The lowest BCUT2D eigenvalue weighted by Gasteiger charge is -2.10. The van der Waals surface area contributed by atoms with Gasteiger partial charge in [0.05, 0.1) is 5.25 Å². The third kappa shape index (κ3) is 2.96. The van der Waals surface area contributed by atoms with E-state index >= 15 is 0 Å². The third-order valence-corrected chi connectivity index (χ3v) is 3.81. The second-order valence-electron chi connectivity index (χ2n) is 3.64. The number of carbonyl (C=O) groups is 1. The van der Waals surface area contributed by atoms with Gasteiger partial charge in [-0.3, -0.25) is 9.52 Å². The smallest absolute Gasteiger partial charge is 0.248 e. The van der Waals surface area contributed by atoms with Crippen LogP contribution < -0.4 is 10.5 Å². The van der Waals surface area contributed by atoms with E-state index in [4.69, 9.17) is 5.73 Å². The molecule has 0 bridgehead atoms. The van der Waals surface area contributed by atoms with E-state index in [1.165, 1.54) is 24.3 Å². The van der Waals surface area contributed by atoms with E-state index in [0.29, 0.717) is 11.3 Å². The Morgan fingerprint density at radius 3 is 2.12 bits per heavy atom. The van der Waals surface area contributed by atoms with E-state index in [0.717, 1.165) is 0 Å². The number of rotatable bonds is 4. The largest absolute Gasteiger partial charge is 0.366 e. The molecule has 3 N–H and O–H groups in total. The van der Waals surface area contributed by atoms with Gasteiger partial charge in [-0.2, -0.15) is 0 Å². The summed E-state index contributed by atoms with van der Waals surface area (Å²) in [5, 5.41) is -0.511. The highest BCUT2D eigenvalue weighted by Gasteiger charge is 2.15. The van der Waals surface area contributed by atoms with Gasteiger partial charge in [0.15, 0.2) is 0 Å². The molecule has 5 nitrogen and oxygen atoms in total. The van der Waals surface area contributed by atoms with Gasteiger partial charge in [0, 0.05) is 11.3 Å². The fraction of sp³-hybridized carbons (Fsp3) is 0.300. The fourth-order valence-electron chi connectivity index (χ4n) is 0.985. The molecule has 0 unspecified atom stereocenters. The lowest BCUT2D eigenvalue weighted by Crippen LogP contribution is -2.22. The summed E-state index contributed by atoms with van der Waals surface area (Å²) in [6, 6.07) is 5.95. The SMILES string of the molecule is CC(C)S(=O)(=O)Nc1ccc(C(N)=O)cc1. The van der Waals surface area contributed by atoms with Crippen LogP contribution >= 0.6 is 0 Å². The summed E-state index contributed by atoms with van der Waals surface area (Å²) < 4.78 is 25.4. The minimum Gasteiger partial charge on any atom is -0.366 e. The van der Waals surface area contributed by atoms with Gasteiger partial charge in [0.2, 0.25) is 15.9 Å². The first-order valence-electron chi connectivity index (χ1n) is 4.74. The molecule has 0 radical (unpaired) electrons. The second-order valence-corrected chi connectivity index (χ2v) is 5.87. The van der Waals surface area contributed by atoms with Crippen molar-refractivity contribution >= 4 is 21.6 Å². The van der Waals surface area contributed by atoms with E-state index in [2.05, 4.69) is 4.72 Å². The minimum atomic E-state index is -3.35. The summed E-state index contributed by atoms with van der Waals surface area (Å²) in [6.45, 7) is 3.17. The molecule has 6 heteroatoms. The molecule has 0 fully saturated rings. The van der Waals surface area contributed by atoms with Gasteiger partial charge in [-0.05, 0) is 38.1 Å². The molecule has 0 aliphatic rings. The summed E-state index contributed by atoms with van der Waals surface area (Å²) in [7, 11) is -3.35. The monoisotopic (exact) mass is 242 g/mol. The first-order valence-corrected chi connectivity index (χ1v) is 6.29. The average molecular weight is 242 g/mol. The Labute approximate surface area is 94.7 Å². The summed E-state index contributed by atoms with van der Waals surface area (Å²) in [5.74, 6) is -0.543. The average Bonchev–Trinajstić information content (AvgIpc) is 2.17. The van der Waals surface area contributed by atoms with Crippen molar-refractivity contribution < 1.29 is 13.2 Å². The maximum atomic E-state index is 11.5. The van der Waals surface area contributed by atoms with Crippen molar-refractivity contribution in [3.05, 3.63) is 29.8 Å². The van der Waals surface area contributed by atoms with E-state index in [1.807, 2.05) is 0 Å². The predicted molar refractivity (Wildman–Crippen MR) is 62.6 cm³/mol. The number of benzene rings is 1. The van der Waals surface area contributed by atoms with Gasteiger partial charge in [0.25, 0.3) is 0 Å². The van der Waals surface area contributed by atoms with Gasteiger partial charge in [0.1, 0.15) is 0 Å². The van der Waals surface area contributed by atoms with Crippen molar-refractivity contribution in [2.24, 2.45) is 5.73 Å². The summed E-state index contributed by atoms with van der Waals surface area (Å²) >= 11 is 0. The van der Waals surface area contributed by atoms with Crippen LogP contribution in [0.2, 0.25) is 0 Å². The molecule has 0 atom stereocenters. The van der Waals surface area contributed by atoms with Crippen molar-refractivity contribution in [3.8, 4) is 0 Å². The van der Waals surface area contributed by atoms with Crippen LogP contribution in [0, 0.1) is 0 Å². The van der Waals surface area contributed by atoms with Gasteiger partial charge < -0.3 is 5.73 Å². The zero-order valence-corrected chi connectivity index (χ0v) is 9.91. The van der Waals surface area contributed by atoms with Crippen LogP contribution in [0.25, 0.3) is 0 Å². The van der Waals surface area contributed by atoms with E-state index < -0.39 is 21.2 Å². The Kier molecular flexibility index (Phi) is 3.54. The van der Waals surface area contributed by atoms with Crippen LogP contribution in [0.15, 0.2) is 24.3 Å². The molecule has 1 amide bonds. The highest BCUT2D eigenvalue weighted by atomic mass is 32.2. The molecule has 0 aliphatic carbocycles. The number of nitrogens with one attached hydrogen (secondary N) is 1. The topological polar surface area (TPSA) is 89.3 Å². The van der Waals surface area contributed by atoms with E-state index in [1.54, 1.807) is 13.8 Å². The van der Waals surface area contributed by atoms with E-state index in [-0.39, 0.29) is 0 Å². The maximum absolute atomic E-state index is 11.5. The highest BCUT2D eigenvalue weighted by molar-refractivity contribution is 7.93. The van der Waals surface area contributed by atoms with Gasteiger partial charge >= 0.3 is 0 Å². The van der Waals surface area contributed by atoms with Gasteiger partial charge in [-0.1, -0.05) is 0 Å². The first kappa shape index (κ1) is 12.5. The Hall–Kier alpha value is -1.56. The van der Waals surface area contributed by atoms with Crippen LogP contribution in [-0.2, 0) is 10.0 Å². The predicted octanol–water partition coefficient (Wildman–Crippen LogP) is 0.936. The molecule has 16 heavy (non-hydrogen) atoms. The number of carbonyl (C=O) groups excluding carboxylic acids is 1. The van der Waals surface area contributed by atoms with Gasteiger partial charge in [-0.25, -0.2) is 8.42 Å². The number of amides is 1. The van der Waals surface area contributed by atoms with Crippen LogP contribution in [0.4, 0.5) is 5.69 Å². The zero-order chi connectivity index (χ0) is 12.3. The molecule has 0 aliphatic heterocycles. The van der Waals surface area contributed by atoms with Gasteiger partial charge in [-0.15, -0.1) is 0 Å². The van der Waals surface area contributed by atoms with Crippen LogP contribution in [0.5, 0.6) is 0 Å². The van der Waals surface area contributed by atoms with Crippen LogP contribution in [0.1, 0.15) is 24.2 Å². The van der Waals surface area contributed by atoms with Crippen LogP contribution in [0.3, 0.4) is 0 Å². The van der Waals surface area contributed by atoms with Crippen molar-refractivity contribution in [1.29, 1.82) is 0 Å². The van der Waals surface area contributed by atoms with E-state index in [9.17, 15) is 13.2 Å². The van der Waals surface area contributed by atoms with Crippen molar-refractivity contribution in [2.45, 2.75) is 19.1 Å². The Balaban J connectivity index is 2.89. The molecular formula is C10H14N2O3S. The third-order valence-electron chi connectivity index (χ3n) is 2.05. The molecule has 1 rings (SSSR count). The first-order chi connectivity index (χ1) is 7.33. The standard InChI is InChI=1S/C10H14N2O3S/c1-7(2)16(14,15)12-9-5-3-8(4-6-9)10(11)13/h3-7,12H,1-2H3,(H2,11,13). The molecule has 0 heterocycles. The molecule has 0 saturated heterocycles. The van der Waals surface area contributed by atoms with Crippen LogP contribution in [-0.4, -0.2) is 19.6 Å². The quantitative estimate of drug-likeness (QED) is 0.823. The fourth-order valence-corrected chi connectivity index (χ4v) is 1.68. The number of nitrogens with two attached hydrogens (primary N) is 1. The molecule has 0 saturated carbocycles. The number of anilines is 1. The Morgan fingerprint density at radius 2 is 1.75 bits per heavy atom. The molecule has 0 aromatic heterocycles. The molecule has 0 spiro atoms. The minimum absolute atomic E-state index is 0.340. The Morgan fingerprint density at radius 1 is 1.25 bits per heavy atom. The summed E-state index contributed by atoms with van der Waals surface area (Å²) in [4.78, 5) is 10.8. The Bertz CT molecular complexity index is 477. The van der Waals surface area contributed by atoms with Crippen molar-refractivity contribution in [1.82, 2.24) is 0 Å². The molecule has 1 aromatic carbocycles. The molecule has 88 valence electrons. The number of hydrogen-bond acceptors (Lipinski definition) is 3. The summed E-state index contributed by atoms with van der Waals surface area (Å²) in [5.41, 5.74) is 5.82. The normalized spacial score (nSPS) is 11.4. The second kappa shape index (κ2) is 4.52. The highest BCUT2D eigenvalue weighted by Crippen LogP contribution is 2.12. The summed E-state index contributed by atoms with van der Waals surface area (Å²) in [6.07, 6.45) is 0. The van der Waals surface area contributed by atoms with Crippen molar-refractivity contribution in [3.63, 3.8) is 0 Å². The zero-order valence-electron chi connectivity index (χ0n) is 9.10. The number of primary amides is 1. The molecular weight excluding hydrogens is 228 g/mol. The molecule has 1 aromatic rings. The number of sulfonamides is 1. The lowest BCUT2D eigenvalue weighted by atomic mass is 10.2. The lowest BCUT2D eigenvalue weighted by molar-refractivity contribution is 0.100. The number of hydrogen-bond donors (Lipinski definition) is 2. The maximum Gasteiger partial charge on any atom is 0.248 e.